The average Bonchev–Trinajstić information content (AvgIpc) is 3.14. The van der Waals surface area contributed by atoms with Gasteiger partial charge < -0.3 is 19.6 Å². The van der Waals surface area contributed by atoms with E-state index in [1.54, 1.807) is 12.1 Å². The molecule has 2 N–H and O–H groups in total. The molecule has 0 saturated carbocycles. The highest BCUT2D eigenvalue weighted by Gasteiger charge is 2.25. The van der Waals surface area contributed by atoms with Gasteiger partial charge in [0.05, 0.1) is 0 Å². The molecule has 0 fully saturated rings. The maximum atomic E-state index is 11.6. The monoisotopic (exact) mass is 295 g/mol. The molecule has 0 saturated heterocycles. The number of hydrogen-bond acceptors (Lipinski definition) is 3. The molecule has 0 unspecified atom stereocenters. The van der Waals surface area contributed by atoms with Gasteiger partial charge in [-0.1, -0.05) is 24.3 Å². The van der Waals surface area contributed by atoms with Gasteiger partial charge in [-0.25, -0.2) is 4.79 Å². The molecule has 5 heteroatoms. The van der Waals surface area contributed by atoms with Crippen LogP contribution in [0.15, 0.2) is 42.6 Å². The topological polar surface area (TPSA) is 71.5 Å². The number of nitrogens with one attached hydrogen (secondary N) is 1. The lowest BCUT2D eigenvalue weighted by molar-refractivity contribution is 0.0691. The smallest absolute Gasteiger partial charge is 0.339 e. The van der Waals surface area contributed by atoms with Crippen molar-refractivity contribution in [3.63, 3.8) is 0 Å². The molecule has 3 aromatic rings. The minimum atomic E-state index is -1.00. The Morgan fingerprint density at radius 1 is 1.14 bits per heavy atom. The molecule has 0 aliphatic carbocycles. The first kappa shape index (κ1) is 12.8. The van der Waals surface area contributed by atoms with Crippen molar-refractivity contribution in [2.75, 3.05) is 6.79 Å². The number of aromatic nitrogens is 1. The van der Waals surface area contributed by atoms with E-state index in [-0.39, 0.29) is 12.4 Å². The number of carboxylic acid groups (broad SMARTS) is 1. The number of rotatable bonds is 3. The zero-order valence-electron chi connectivity index (χ0n) is 11.6. The molecular formula is C17H13NO4. The van der Waals surface area contributed by atoms with Crippen LogP contribution in [0.4, 0.5) is 0 Å². The van der Waals surface area contributed by atoms with Crippen LogP contribution in [0.3, 0.4) is 0 Å². The minimum Gasteiger partial charge on any atom is -0.478 e. The fraction of sp³-hybridized carbons (Fsp3) is 0.118. The molecule has 22 heavy (non-hydrogen) atoms. The van der Waals surface area contributed by atoms with Crippen molar-refractivity contribution in [1.82, 2.24) is 4.98 Å². The highest BCUT2D eigenvalue weighted by Crippen LogP contribution is 2.38. The average molecular weight is 295 g/mol. The highest BCUT2D eigenvalue weighted by molar-refractivity contribution is 5.94. The summed E-state index contributed by atoms with van der Waals surface area (Å²) in [7, 11) is 0. The first-order chi connectivity index (χ1) is 10.7. The molecule has 4 rings (SSSR count). The highest BCUT2D eigenvalue weighted by atomic mass is 16.7. The van der Waals surface area contributed by atoms with Crippen LogP contribution in [0.25, 0.3) is 10.9 Å². The first-order valence-electron chi connectivity index (χ1n) is 6.94. The second kappa shape index (κ2) is 4.80. The number of benzene rings is 2. The van der Waals surface area contributed by atoms with Gasteiger partial charge in [-0.05, 0) is 23.3 Å². The van der Waals surface area contributed by atoms with Gasteiger partial charge in [-0.2, -0.15) is 0 Å². The van der Waals surface area contributed by atoms with Crippen LogP contribution in [-0.4, -0.2) is 22.9 Å². The summed E-state index contributed by atoms with van der Waals surface area (Å²) < 4.78 is 10.6. The number of aromatic carboxylic acids is 1. The van der Waals surface area contributed by atoms with E-state index in [0.717, 1.165) is 16.5 Å². The van der Waals surface area contributed by atoms with Gasteiger partial charge >= 0.3 is 5.97 Å². The zero-order chi connectivity index (χ0) is 15.1. The van der Waals surface area contributed by atoms with Gasteiger partial charge in [0.1, 0.15) is 5.56 Å². The molecule has 0 spiro atoms. The van der Waals surface area contributed by atoms with Crippen LogP contribution >= 0.6 is 0 Å². The molecule has 1 aromatic heterocycles. The van der Waals surface area contributed by atoms with E-state index >= 15 is 0 Å². The van der Waals surface area contributed by atoms with Crippen molar-refractivity contribution in [3.8, 4) is 11.5 Å². The van der Waals surface area contributed by atoms with Crippen molar-refractivity contribution >= 4 is 16.9 Å². The lowest BCUT2D eigenvalue weighted by atomic mass is 9.98. The Balaban J connectivity index is 1.82. The molecule has 1 aliphatic rings. The van der Waals surface area contributed by atoms with Gasteiger partial charge in [0.15, 0.2) is 11.5 Å². The molecule has 2 aromatic carbocycles. The number of aromatic amines is 1. The van der Waals surface area contributed by atoms with Crippen LogP contribution in [0.1, 0.15) is 21.5 Å². The summed E-state index contributed by atoms with van der Waals surface area (Å²) in [6.45, 7) is 0.0617. The number of para-hydroxylation sites is 1. The van der Waals surface area contributed by atoms with Gasteiger partial charge in [0.25, 0.3) is 0 Å². The summed E-state index contributed by atoms with van der Waals surface area (Å²) in [5, 5.41) is 10.6. The van der Waals surface area contributed by atoms with E-state index in [2.05, 4.69) is 4.98 Å². The molecule has 0 amide bonds. The third-order valence-corrected chi connectivity index (χ3v) is 3.90. The van der Waals surface area contributed by atoms with E-state index < -0.39 is 5.97 Å². The Hall–Kier alpha value is -2.95. The third kappa shape index (κ3) is 1.90. The molecule has 0 bridgehead atoms. The molecular weight excluding hydrogens is 282 g/mol. The molecule has 0 atom stereocenters. The Kier molecular flexibility index (Phi) is 2.79. The van der Waals surface area contributed by atoms with Crippen molar-refractivity contribution in [3.05, 3.63) is 59.3 Å². The number of fused-ring (bicyclic) bond motifs is 2. The quantitative estimate of drug-likeness (QED) is 0.778. The Morgan fingerprint density at radius 3 is 2.86 bits per heavy atom. The van der Waals surface area contributed by atoms with Crippen LogP contribution in [0.2, 0.25) is 0 Å². The lowest BCUT2D eigenvalue weighted by Gasteiger charge is -2.08. The number of H-pyrrole nitrogens is 1. The Morgan fingerprint density at radius 2 is 2.00 bits per heavy atom. The molecule has 5 nitrogen and oxygen atoms in total. The number of hydrogen-bond donors (Lipinski definition) is 2. The van der Waals surface area contributed by atoms with E-state index in [1.165, 1.54) is 0 Å². The van der Waals surface area contributed by atoms with Crippen LogP contribution in [-0.2, 0) is 6.42 Å². The summed E-state index contributed by atoms with van der Waals surface area (Å²) in [4.78, 5) is 14.8. The summed E-state index contributed by atoms with van der Waals surface area (Å²) in [5.41, 5.74) is 2.98. The predicted molar refractivity (Wildman–Crippen MR) is 80.6 cm³/mol. The number of ether oxygens (including phenoxy) is 2. The van der Waals surface area contributed by atoms with E-state index in [0.29, 0.717) is 23.5 Å². The fourth-order valence-electron chi connectivity index (χ4n) is 2.88. The summed E-state index contributed by atoms with van der Waals surface area (Å²) in [6.07, 6.45) is 2.43. The van der Waals surface area contributed by atoms with Crippen molar-refractivity contribution in [1.29, 1.82) is 0 Å². The zero-order valence-corrected chi connectivity index (χ0v) is 11.6. The molecule has 110 valence electrons. The van der Waals surface area contributed by atoms with Crippen LogP contribution in [0.5, 0.6) is 11.5 Å². The normalized spacial score (nSPS) is 12.7. The van der Waals surface area contributed by atoms with Gasteiger partial charge in [-0.15, -0.1) is 0 Å². The van der Waals surface area contributed by atoms with E-state index in [1.807, 2.05) is 30.5 Å². The lowest BCUT2D eigenvalue weighted by Crippen LogP contribution is -2.05. The predicted octanol–water partition coefficient (Wildman–Crippen LogP) is 3.19. The second-order valence-corrected chi connectivity index (χ2v) is 5.17. The standard InChI is InChI=1S/C17H13NO4/c19-17(20)15-10(5-6-14-16(15)22-9-21-14)7-11-8-18-13-4-2-1-3-12(11)13/h1-6,8,18H,7,9H2,(H,19,20). The van der Waals surface area contributed by atoms with Gasteiger partial charge in [0.2, 0.25) is 6.79 Å². The number of carbonyl (C=O) groups is 1. The Labute approximate surface area is 126 Å². The van der Waals surface area contributed by atoms with Gasteiger partial charge in [0, 0.05) is 23.5 Å². The SMILES string of the molecule is O=C(O)c1c(Cc2c[nH]c3ccccc23)ccc2c1OCO2. The Bertz CT molecular complexity index is 881. The van der Waals surface area contributed by atoms with E-state index in [9.17, 15) is 9.90 Å². The maximum absolute atomic E-state index is 11.6. The van der Waals surface area contributed by atoms with Gasteiger partial charge in [-0.3, -0.25) is 0 Å². The maximum Gasteiger partial charge on any atom is 0.339 e. The molecule has 0 radical (unpaired) electrons. The molecule has 1 aliphatic heterocycles. The van der Waals surface area contributed by atoms with Crippen molar-refractivity contribution in [2.24, 2.45) is 0 Å². The molecule has 2 heterocycles. The van der Waals surface area contributed by atoms with Crippen LogP contribution in [0, 0.1) is 0 Å². The largest absolute Gasteiger partial charge is 0.478 e. The number of carboxylic acids is 1. The fourth-order valence-corrected chi connectivity index (χ4v) is 2.88. The van der Waals surface area contributed by atoms with Crippen molar-refractivity contribution < 1.29 is 19.4 Å². The summed E-state index contributed by atoms with van der Waals surface area (Å²) >= 11 is 0. The second-order valence-electron chi connectivity index (χ2n) is 5.17. The summed E-state index contributed by atoms with van der Waals surface area (Å²) in [6, 6.07) is 11.5. The third-order valence-electron chi connectivity index (χ3n) is 3.90. The van der Waals surface area contributed by atoms with E-state index in [4.69, 9.17) is 9.47 Å². The summed E-state index contributed by atoms with van der Waals surface area (Å²) in [5.74, 6) is -0.192. The van der Waals surface area contributed by atoms with Crippen LogP contribution < -0.4 is 9.47 Å². The van der Waals surface area contributed by atoms with Crippen molar-refractivity contribution in [2.45, 2.75) is 6.42 Å². The first-order valence-corrected chi connectivity index (χ1v) is 6.94. The minimum absolute atomic E-state index is 0.0617.